The minimum absolute atomic E-state index is 0.0561. The van der Waals surface area contributed by atoms with Crippen molar-refractivity contribution in [1.29, 1.82) is 0 Å². The van der Waals surface area contributed by atoms with Gasteiger partial charge in [0.05, 0.1) is 10.6 Å². The van der Waals surface area contributed by atoms with Crippen LogP contribution in [-0.4, -0.2) is 23.2 Å². The second kappa shape index (κ2) is 4.50. The number of benzene rings is 1. The number of halogens is 1. The van der Waals surface area contributed by atoms with E-state index >= 15 is 0 Å². The Morgan fingerprint density at radius 1 is 1.42 bits per heavy atom. The molecule has 0 aliphatic carbocycles. The van der Waals surface area contributed by atoms with E-state index in [1.807, 2.05) is 0 Å². The number of nitrogen functional groups attached to an aromatic ring is 1. The molecule has 0 unspecified atom stereocenters. The normalized spacial score (nSPS) is 11.5. The number of nitrogens with one attached hydrogen (secondary N) is 1. The van der Waals surface area contributed by atoms with E-state index in [0.29, 0.717) is 0 Å². The number of aryl methyl sites for hydroxylation is 2. The molecule has 0 saturated carbocycles. The Kier molecular flexibility index (Phi) is 3.14. The van der Waals surface area contributed by atoms with E-state index < -0.39 is 15.8 Å². The molecule has 0 fully saturated rings. The lowest BCUT2D eigenvalue weighted by Crippen LogP contribution is -2.17. The van der Waals surface area contributed by atoms with Crippen LogP contribution < -0.4 is 10.5 Å². The van der Waals surface area contributed by atoms with E-state index in [9.17, 15) is 12.8 Å². The number of anilines is 2. The Morgan fingerprint density at radius 3 is 2.63 bits per heavy atom. The summed E-state index contributed by atoms with van der Waals surface area (Å²) in [6, 6.07) is 2.26. The Bertz CT molecular complexity index is 702. The highest BCUT2D eigenvalue weighted by Gasteiger charge is 2.19. The van der Waals surface area contributed by atoms with Crippen LogP contribution >= 0.6 is 0 Å². The van der Waals surface area contributed by atoms with Gasteiger partial charge >= 0.3 is 0 Å². The second-order valence-corrected chi connectivity index (χ2v) is 5.64. The molecule has 0 radical (unpaired) electrons. The summed E-state index contributed by atoms with van der Waals surface area (Å²) in [4.78, 5) is 3.61. The molecule has 0 amide bonds. The van der Waals surface area contributed by atoms with Gasteiger partial charge in [-0.3, -0.25) is 0 Å². The quantitative estimate of drug-likeness (QED) is 0.806. The Labute approximate surface area is 109 Å². The van der Waals surface area contributed by atoms with Crippen molar-refractivity contribution in [3.8, 4) is 0 Å². The first-order valence-corrected chi connectivity index (χ1v) is 6.72. The first-order valence-electron chi connectivity index (χ1n) is 5.23. The lowest BCUT2D eigenvalue weighted by Gasteiger charge is -2.09. The smallest absolute Gasteiger partial charge is 0.264 e. The van der Waals surface area contributed by atoms with Crippen LogP contribution in [0.15, 0.2) is 23.4 Å². The van der Waals surface area contributed by atoms with Crippen LogP contribution in [0.2, 0.25) is 0 Å². The third kappa shape index (κ3) is 2.50. The maximum Gasteiger partial charge on any atom is 0.264 e. The van der Waals surface area contributed by atoms with Crippen molar-refractivity contribution in [3.63, 3.8) is 0 Å². The Balaban J connectivity index is 2.43. The molecule has 19 heavy (non-hydrogen) atoms. The van der Waals surface area contributed by atoms with E-state index in [1.165, 1.54) is 31.0 Å². The van der Waals surface area contributed by atoms with E-state index in [4.69, 9.17) is 5.73 Å². The molecule has 2 rings (SSSR count). The van der Waals surface area contributed by atoms with Gasteiger partial charge in [0.25, 0.3) is 10.0 Å². The summed E-state index contributed by atoms with van der Waals surface area (Å²) in [5.74, 6) is -0.571. The maximum absolute atomic E-state index is 13.4. The van der Waals surface area contributed by atoms with Gasteiger partial charge in [-0.05, 0) is 24.6 Å². The molecule has 0 spiro atoms. The van der Waals surface area contributed by atoms with Crippen LogP contribution in [0.4, 0.5) is 16.0 Å². The zero-order chi connectivity index (χ0) is 14.2. The molecule has 0 saturated heterocycles. The summed E-state index contributed by atoms with van der Waals surface area (Å²) in [7, 11) is -2.35. The molecule has 3 N–H and O–H groups in total. The number of sulfonamides is 1. The molecule has 0 atom stereocenters. The topological polar surface area (TPSA) is 103 Å². The largest absolute Gasteiger partial charge is 0.396 e. The summed E-state index contributed by atoms with van der Waals surface area (Å²) in [5.41, 5.74) is 5.35. The number of aromatic nitrogens is 3. The van der Waals surface area contributed by atoms with Gasteiger partial charge in [0.15, 0.2) is 0 Å². The summed E-state index contributed by atoms with van der Waals surface area (Å²) in [6.45, 7) is 1.44. The lowest BCUT2D eigenvalue weighted by atomic mass is 10.2. The summed E-state index contributed by atoms with van der Waals surface area (Å²) >= 11 is 0. The monoisotopic (exact) mass is 285 g/mol. The summed E-state index contributed by atoms with van der Waals surface area (Å²) in [6.07, 6.45) is 1.21. The molecule has 102 valence electrons. The van der Waals surface area contributed by atoms with Crippen LogP contribution in [0.5, 0.6) is 0 Å². The fourth-order valence-electron chi connectivity index (χ4n) is 1.49. The van der Waals surface area contributed by atoms with Crippen molar-refractivity contribution in [2.75, 3.05) is 10.5 Å². The highest BCUT2D eigenvalue weighted by molar-refractivity contribution is 7.92. The van der Waals surface area contributed by atoms with Crippen LogP contribution in [0.3, 0.4) is 0 Å². The van der Waals surface area contributed by atoms with Crippen molar-refractivity contribution in [2.24, 2.45) is 7.05 Å². The highest BCUT2D eigenvalue weighted by Crippen LogP contribution is 2.22. The van der Waals surface area contributed by atoms with Gasteiger partial charge < -0.3 is 5.73 Å². The minimum atomic E-state index is -3.89. The van der Waals surface area contributed by atoms with Crippen LogP contribution in [0.25, 0.3) is 0 Å². The molecule has 1 heterocycles. The van der Waals surface area contributed by atoms with Gasteiger partial charge in [-0.1, -0.05) is 0 Å². The van der Waals surface area contributed by atoms with Crippen molar-refractivity contribution >= 4 is 21.7 Å². The standard InChI is InChI=1S/C10H12FN5O2S/c1-6-3-7(4-8(12)9(6)11)19(17,18)15-10-13-5-14-16(10)2/h3-5H,12H2,1-2H3,(H,13,14,15). The van der Waals surface area contributed by atoms with Crippen molar-refractivity contribution in [1.82, 2.24) is 14.8 Å². The Hall–Kier alpha value is -2.16. The van der Waals surface area contributed by atoms with Crippen LogP contribution in [0, 0.1) is 12.7 Å². The third-order valence-electron chi connectivity index (χ3n) is 2.50. The zero-order valence-corrected chi connectivity index (χ0v) is 11.1. The molecule has 0 aliphatic heterocycles. The molecular weight excluding hydrogens is 273 g/mol. The number of hydrogen-bond acceptors (Lipinski definition) is 5. The highest BCUT2D eigenvalue weighted by atomic mass is 32.2. The van der Waals surface area contributed by atoms with E-state index in [1.54, 1.807) is 0 Å². The lowest BCUT2D eigenvalue weighted by molar-refractivity contribution is 0.598. The summed E-state index contributed by atoms with van der Waals surface area (Å²) in [5, 5.41) is 3.74. The molecule has 9 heteroatoms. The number of rotatable bonds is 3. The van der Waals surface area contributed by atoms with Gasteiger partial charge in [-0.25, -0.2) is 22.2 Å². The predicted octanol–water partition coefficient (Wildman–Crippen LogP) is 0.646. The second-order valence-electron chi connectivity index (χ2n) is 3.96. The van der Waals surface area contributed by atoms with Crippen molar-refractivity contribution in [2.45, 2.75) is 11.8 Å². The molecule has 1 aromatic carbocycles. The Morgan fingerprint density at radius 2 is 2.11 bits per heavy atom. The van der Waals surface area contributed by atoms with Gasteiger partial charge in [0, 0.05) is 7.05 Å². The first-order chi connectivity index (χ1) is 8.81. The van der Waals surface area contributed by atoms with Gasteiger partial charge in [0.1, 0.15) is 12.1 Å². The molecule has 1 aromatic heterocycles. The number of nitrogens with two attached hydrogens (primary N) is 1. The maximum atomic E-state index is 13.4. The van der Waals surface area contributed by atoms with Crippen molar-refractivity contribution < 1.29 is 12.8 Å². The van der Waals surface area contributed by atoms with E-state index in [2.05, 4.69) is 14.8 Å². The average Bonchev–Trinajstić information content (AvgIpc) is 2.70. The fraction of sp³-hybridized carbons (Fsp3) is 0.200. The van der Waals surface area contributed by atoms with Crippen LogP contribution in [-0.2, 0) is 17.1 Å². The molecule has 7 nitrogen and oxygen atoms in total. The SMILES string of the molecule is Cc1cc(S(=O)(=O)Nc2ncnn2C)cc(N)c1F. The fourth-order valence-corrected chi connectivity index (χ4v) is 2.64. The zero-order valence-electron chi connectivity index (χ0n) is 10.3. The number of hydrogen-bond donors (Lipinski definition) is 2. The van der Waals surface area contributed by atoms with E-state index in [0.717, 1.165) is 6.07 Å². The molecular formula is C10H12FN5O2S. The minimum Gasteiger partial charge on any atom is -0.396 e. The van der Waals surface area contributed by atoms with Gasteiger partial charge in [-0.15, -0.1) is 0 Å². The third-order valence-corrected chi connectivity index (χ3v) is 3.81. The van der Waals surface area contributed by atoms with Gasteiger partial charge in [0.2, 0.25) is 5.95 Å². The predicted molar refractivity (Wildman–Crippen MR) is 67.4 cm³/mol. The average molecular weight is 285 g/mol. The van der Waals surface area contributed by atoms with E-state index in [-0.39, 0.29) is 22.1 Å². The first kappa shape index (κ1) is 13.3. The molecule has 2 aromatic rings. The molecule has 0 bridgehead atoms. The van der Waals surface area contributed by atoms with Crippen molar-refractivity contribution in [3.05, 3.63) is 29.8 Å². The molecule has 0 aliphatic rings. The number of nitrogens with zero attached hydrogens (tertiary/aromatic N) is 3. The van der Waals surface area contributed by atoms with Crippen LogP contribution in [0.1, 0.15) is 5.56 Å². The van der Waals surface area contributed by atoms with Gasteiger partial charge in [-0.2, -0.15) is 10.1 Å². The summed E-state index contributed by atoms with van der Waals surface area (Å²) < 4.78 is 41.1.